The van der Waals surface area contributed by atoms with Crippen LogP contribution in [0.2, 0.25) is 0 Å². The fourth-order valence-corrected chi connectivity index (χ4v) is 2.62. The lowest BCUT2D eigenvalue weighted by Gasteiger charge is -2.29. The van der Waals surface area contributed by atoms with Gasteiger partial charge in [-0.05, 0) is 12.8 Å². The molecule has 0 rings (SSSR count). The van der Waals surface area contributed by atoms with E-state index in [1.165, 1.54) is 56.1 Å². The minimum absolute atomic E-state index is 0. The van der Waals surface area contributed by atoms with Crippen molar-refractivity contribution in [2.45, 2.75) is 45.4 Å². The Morgan fingerprint density at radius 2 is 1.40 bits per heavy atom. The molecule has 15 heavy (non-hydrogen) atoms. The maximum Gasteiger partial charge on any atom is 0.0880 e. The number of nitrogens with zero attached hydrogens (tertiary/aromatic N) is 1. The molecule has 0 aromatic carbocycles. The van der Waals surface area contributed by atoms with E-state index in [1.54, 1.807) is 0 Å². The molecule has 94 valence electrons. The minimum atomic E-state index is 0. The topological polar surface area (TPSA) is 0 Å². The van der Waals surface area contributed by atoms with E-state index >= 15 is 0 Å². The van der Waals surface area contributed by atoms with Crippen LogP contribution >= 0.6 is 15.9 Å². The molecule has 0 saturated carbocycles. The molecule has 0 bridgehead atoms. The van der Waals surface area contributed by atoms with Crippen molar-refractivity contribution in [3.63, 3.8) is 0 Å². The van der Waals surface area contributed by atoms with Crippen molar-refractivity contribution in [3.05, 3.63) is 0 Å². The van der Waals surface area contributed by atoms with Crippen LogP contribution in [0, 0.1) is 0 Å². The van der Waals surface area contributed by atoms with Crippen LogP contribution in [0.1, 0.15) is 45.4 Å². The van der Waals surface area contributed by atoms with Gasteiger partial charge in [-0.1, -0.05) is 48.5 Å². The number of rotatable bonds is 9. The van der Waals surface area contributed by atoms with Crippen molar-refractivity contribution in [3.8, 4) is 0 Å². The molecule has 0 saturated heterocycles. The molecule has 0 atom stereocenters. The lowest BCUT2D eigenvalue weighted by molar-refractivity contribution is -0.887. The van der Waals surface area contributed by atoms with Crippen molar-refractivity contribution >= 4 is 15.9 Å². The molecule has 0 unspecified atom stereocenters. The molecule has 0 fully saturated rings. The number of unbranched alkanes of at least 4 members (excludes halogenated alkanes) is 5. The van der Waals surface area contributed by atoms with E-state index in [9.17, 15) is 0 Å². The van der Waals surface area contributed by atoms with Crippen LogP contribution in [0.15, 0.2) is 0 Å². The highest BCUT2D eigenvalue weighted by molar-refractivity contribution is 9.09. The molecule has 0 aliphatic rings. The highest BCUT2D eigenvalue weighted by atomic mass is 127. The first-order valence-electron chi connectivity index (χ1n) is 6.00. The van der Waals surface area contributed by atoms with E-state index in [2.05, 4.69) is 36.9 Å². The first kappa shape index (κ1) is 18.5. The zero-order valence-electron chi connectivity index (χ0n) is 10.6. The van der Waals surface area contributed by atoms with Gasteiger partial charge in [0.15, 0.2) is 0 Å². The van der Waals surface area contributed by atoms with Crippen LogP contribution < -0.4 is 24.0 Å². The van der Waals surface area contributed by atoms with Crippen molar-refractivity contribution in [2.75, 3.05) is 32.5 Å². The van der Waals surface area contributed by atoms with Gasteiger partial charge >= 0.3 is 0 Å². The molecule has 0 radical (unpaired) electrons. The molecular formula is C12H27BrIN. The van der Waals surface area contributed by atoms with Gasteiger partial charge in [-0.3, -0.25) is 0 Å². The van der Waals surface area contributed by atoms with Gasteiger partial charge in [0.1, 0.15) is 0 Å². The number of alkyl halides is 1. The summed E-state index contributed by atoms with van der Waals surface area (Å²) in [6.07, 6.45) is 8.45. The summed E-state index contributed by atoms with van der Waals surface area (Å²) in [5, 5.41) is 1.12. The van der Waals surface area contributed by atoms with Gasteiger partial charge in [0, 0.05) is 0 Å². The van der Waals surface area contributed by atoms with Crippen LogP contribution in [0.3, 0.4) is 0 Å². The SMILES string of the molecule is CCCCCCCC[N+](C)(C)CCBr.[I-]. The summed E-state index contributed by atoms with van der Waals surface area (Å²) < 4.78 is 1.17. The Balaban J connectivity index is 0. The normalized spacial score (nSPS) is 11.2. The van der Waals surface area contributed by atoms with Crippen LogP contribution in [-0.2, 0) is 0 Å². The second-order valence-corrected chi connectivity index (χ2v) is 5.63. The molecule has 1 nitrogen and oxygen atoms in total. The van der Waals surface area contributed by atoms with Crippen molar-refractivity contribution < 1.29 is 28.5 Å². The number of hydrogen-bond acceptors (Lipinski definition) is 0. The third-order valence-electron chi connectivity index (χ3n) is 2.81. The zero-order chi connectivity index (χ0) is 10.9. The fourth-order valence-electron chi connectivity index (χ4n) is 1.66. The molecule has 0 amide bonds. The number of hydrogen-bond donors (Lipinski definition) is 0. The summed E-state index contributed by atoms with van der Waals surface area (Å²) in [5.41, 5.74) is 0. The highest BCUT2D eigenvalue weighted by Crippen LogP contribution is 2.08. The second kappa shape index (κ2) is 11.6. The summed E-state index contributed by atoms with van der Waals surface area (Å²) in [4.78, 5) is 0. The predicted octanol–water partition coefficient (Wildman–Crippen LogP) is 0.822. The monoisotopic (exact) mass is 391 g/mol. The Morgan fingerprint density at radius 1 is 0.867 bits per heavy atom. The summed E-state index contributed by atoms with van der Waals surface area (Å²) in [6, 6.07) is 0. The Hall–Kier alpha value is 1.17. The molecule has 0 spiro atoms. The van der Waals surface area contributed by atoms with Gasteiger partial charge < -0.3 is 28.5 Å². The second-order valence-electron chi connectivity index (χ2n) is 4.84. The van der Waals surface area contributed by atoms with Crippen LogP contribution in [0.5, 0.6) is 0 Å². The smallest absolute Gasteiger partial charge is 0.0880 e. The standard InChI is InChI=1S/C12H27BrN.HI/c1-4-5-6-7-8-9-11-14(2,3)12-10-13;/h4-12H2,1-3H3;1H/q+1;/p-1. The van der Waals surface area contributed by atoms with Gasteiger partial charge in [0.25, 0.3) is 0 Å². The average molecular weight is 392 g/mol. The first-order valence-corrected chi connectivity index (χ1v) is 7.12. The van der Waals surface area contributed by atoms with Crippen LogP contribution in [0.4, 0.5) is 0 Å². The summed E-state index contributed by atoms with van der Waals surface area (Å²) in [6.45, 7) is 4.85. The third kappa shape index (κ3) is 13.1. The first-order chi connectivity index (χ1) is 6.62. The van der Waals surface area contributed by atoms with Gasteiger partial charge in [0.05, 0.1) is 32.5 Å². The van der Waals surface area contributed by atoms with Gasteiger partial charge in [-0.2, -0.15) is 0 Å². The average Bonchev–Trinajstić information content (AvgIpc) is 2.11. The van der Waals surface area contributed by atoms with Crippen molar-refractivity contribution in [1.29, 1.82) is 0 Å². The van der Waals surface area contributed by atoms with E-state index in [-0.39, 0.29) is 24.0 Å². The lowest BCUT2D eigenvalue weighted by Crippen LogP contribution is -3.00. The summed E-state index contributed by atoms with van der Waals surface area (Å²) in [7, 11) is 4.65. The quantitative estimate of drug-likeness (QED) is 0.236. The molecule has 0 aliphatic carbocycles. The molecule has 0 aliphatic heterocycles. The van der Waals surface area contributed by atoms with Crippen molar-refractivity contribution in [1.82, 2.24) is 0 Å². The van der Waals surface area contributed by atoms with Crippen LogP contribution in [0.25, 0.3) is 0 Å². The molecular weight excluding hydrogens is 365 g/mol. The molecule has 0 aromatic rings. The Kier molecular flexibility index (Phi) is 14.4. The van der Waals surface area contributed by atoms with E-state index in [4.69, 9.17) is 0 Å². The lowest BCUT2D eigenvalue weighted by atomic mass is 10.1. The Labute approximate surface area is 122 Å². The van der Waals surface area contributed by atoms with E-state index in [0.29, 0.717) is 0 Å². The zero-order valence-corrected chi connectivity index (χ0v) is 14.3. The minimum Gasteiger partial charge on any atom is -1.00 e. The van der Waals surface area contributed by atoms with E-state index < -0.39 is 0 Å². The largest absolute Gasteiger partial charge is 1.00 e. The molecule has 0 heterocycles. The van der Waals surface area contributed by atoms with Gasteiger partial charge in [-0.15, -0.1) is 0 Å². The number of quaternary nitrogens is 1. The van der Waals surface area contributed by atoms with E-state index in [1.807, 2.05) is 0 Å². The van der Waals surface area contributed by atoms with Crippen LogP contribution in [-0.4, -0.2) is 37.0 Å². The summed E-state index contributed by atoms with van der Waals surface area (Å²) >= 11 is 3.51. The summed E-state index contributed by atoms with van der Waals surface area (Å²) in [5.74, 6) is 0. The van der Waals surface area contributed by atoms with Gasteiger partial charge in [0.2, 0.25) is 0 Å². The molecule has 0 aromatic heterocycles. The third-order valence-corrected chi connectivity index (χ3v) is 3.16. The molecule has 0 N–H and O–H groups in total. The highest BCUT2D eigenvalue weighted by Gasteiger charge is 2.12. The number of halogens is 2. The van der Waals surface area contributed by atoms with E-state index in [0.717, 1.165) is 5.33 Å². The maximum absolute atomic E-state index is 3.51. The Bertz CT molecular complexity index is 129. The molecule has 3 heteroatoms. The maximum atomic E-state index is 3.51. The van der Waals surface area contributed by atoms with Crippen molar-refractivity contribution in [2.24, 2.45) is 0 Å². The van der Waals surface area contributed by atoms with Gasteiger partial charge in [-0.25, -0.2) is 0 Å². The fraction of sp³-hybridized carbons (Fsp3) is 1.00. The predicted molar refractivity (Wildman–Crippen MR) is 69.0 cm³/mol. The Morgan fingerprint density at radius 3 is 1.93 bits per heavy atom.